The normalized spacial score (nSPS) is 18.2. The van der Waals surface area contributed by atoms with Crippen LogP contribution < -0.4 is 0 Å². The average molecular weight is 451 g/mol. The van der Waals surface area contributed by atoms with Gasteiger partial charge in [-0.25, -0.2) is 14.2 Å². The second-order valence-electron chi connectivity index (χ2n) is 8.30. The first-order valence-electron chi connectivity index (χ1n) is 11.0. The van der Waals surface area contributed by atoms with Crippen LogP contribution in [0, 0.1) is 18.7 Å². The quantitative estimate of drug-likeness (QED) is 0.347. The Bertz CT molecular complexity index is 1140. The van der Waals surface area contributed by atoms with Gasteiger partial charge >= 0.3 is 5.97 Å². The van der Waals surface area contributed by atoms with Gasteiger partial charge < -0.3 is 13.9 Å². The molecule has 2 aromatic carbocycles. The van der Waals surface area contributed by atoms with E-state index in [0.29, 0.717) is 34.7 Å². The number of hydrogen-bond donors (Lipinski definition) is 0. The number of Topliss-reactive ketones (excluding diaryl/α,β-unsaturated/α-hetero) is 1. The van der Waals surface area contributed by atoms with Gasteiger partial charge in [0.2, 0.25) is 5.89 Å². The number of carbonyl (C=O) groups excluding carboxylic acids is 2. The molecule has 2 atom stereocenters. The Morgan fingerprint density at radius 3 is 2.70 bits per heavy atom. The zero-order valence-electron chi connectivity index (χ0n) is 18.7. The van der Waals surface area contributed by atoms with E-state index in [9.17, 15) is 14.0 Å². The number of ketones is 1. The molecule has 1 aliphatic carbocycles. The number of aromatic nitrogens is 1. The Morgan fingerprint density at radius 1 is 1.15 bits per heavy atom. The standard InChI is InChI=1S/C26H26FNO5/c1-16-5-3-8-22(23(16)26(30)31-2)24(29)18-6-4-7-21(13-18)32-14-20-15-33-25(28-20)17-9-11-19(27)12-10-17/h3,5,8-12,15,18,21H,4,6-7,13-14H2,1-2H3/t18-,21+/m1/s1. The fourth-order valence-corrected chi connectivity index (χ4v) is 4.30. The average Bonchev–Trinajstić information content (AvgIpc) is 3.31. The van der Waals surface area contributed by atoms with Crippen molar-refractivity contribution in [1.82, 2.24) is 4.98 Å². The highest BCUT2D eigenvalue weighted by Crippen LogP contribution is 2.31. The van der Waals surface area contributed by atoms with E-state index in [1.165, 1.54) is 25.5 Å². The third-order valence-corrected chi connectivity index (χ3v) is 6.03. The summed E-state index contributed by atoms with van der Waals surface area (Å²) in [6, 6.07) is 11.2. The number of esters is 1. The Hall–Kier alpha value is -3.32. The van der Waals surface area contributed by atoms with Crippen LogP contribution in [0.4, 0.5) is 4.39 Å². The maximum absolute atomic E-state index is 13.3. The second-order valence-corrected chi connectivity index (χ2v) is 8.30. The first kappa shape index (κ1) is 22.9. The molecule has 1 saturated carbocycles. The van der Waals surface area contributed by atoms with Gasteiger partial charge in [0.25, 0.3) is 0 Å². The molecule has 4 rings (SSSR count). The zero-order chi connectivity index (χ0) is 23.4. The molecule has 1 aromatic heterocycles. The zero-order valence-corrected chi connectivity index (χ0v) is 18.7. The third-order valence-electron chi connectivity index (χ3n) is 6.03. The molecule has 0 spiro atoms. The molecule has 0 radical (unpaired) electrons. The van der Waals surface area contributed by atoms with Gasteiger partial charge in [-0.1, -0.05) is 24.6 Å². The number of benzene rings is 2. The van der Waals surface area contributed by atoms with Crippen molar-refractivity contribution < 1.29 is 27.9 Å². The topological polar surface area (TPSA) is 78.6 Å². The predicted molar refractivity (Wildman–Crippen MR) is 119 cm³/mol. The fraction of sp³-hybridized carbons (Fsp3) is 0.346. The van der Waals surface area contributed by atoms with Crippen molar-refractivity contribution in [3.8, 4) is 11.5 Å². The monoisotopic (exact) mass is 451 g/mol. The van der Waals surface area contributed by atoms with Gasteiger partial charge in [-0.3, -0.25) is 4.79 Å². The van der Waals surface area contributed by atoms with E-state index >= 15 is 0 Å². The lowest BCUT2D eigenvalue weighted by Crippen LogP contribution is -2.29. The molecule has 0 bridgehead atoms. The van der Waals surface area contributed by atoms with E-state index in [1.807, 2.05) is 0 Å². The van der Waals surface area contributed by atoms with Gasteiger partial charge in [-0.05, 0) is 56.0 Å². The Balaban J connectivity index is 1.40. The van der Waals surface area contributed by atoms with Gasteiger partial charge in [-0.15, -0.1) is 0 Å². The molecule has 0 N–H and O–H groups in total. The molecule has 172 valence electrons. The molecule has 0 aliphatic heterocycles. The molecule has 6 nitrogen and oxygen atoms in total. The number of ether oxygens (including phenoxy) is 2. The molecular formula is C26H26FNO5. The van der Waals surface area contributed by atoms with Crippen LogP contribution >= 0.6 is 0 Å². The van der Waals surface area contributed by atoms with E-state index in [4.69, 9.17) is 13.9 Å². The van der Waals surface area contributed by atoms with Crippen LogP contribution in [0.15, 0.2) is 53.1 Å². The molecule has 7 heteroatoms. The maximum atomic E-state index is 13.3. The van der Waals surface area contributed by atoms with E-state index in [-0.39, 0.29) is 30.2 Å². The molecule has 1 fully saturated rings. The summed E-state index contributed by atoms with van der Waals surface area (Å²) in [7, 11) is 1.32. The minimum Gasteiger partial charge on any atom is -0.465 e. The fourth-order valence-electron chi connectivity index (χ4n) is 4.30. The highest BCUT2D eigenvalue weighted by atomic mass is 19.1. The lowest BCUT2D eigenvalue weighted by molar-refractivity contribution is 0.00241. The molecule has 1 aliphatic rings. The van der Waals surface area contributed by atoms with E-state index in [2.05, 4.69) is 4.98 Å². The molecule has 0 saturated heterocycles. The summed E-state index contributed by atoms with van der Waals surface area (Å²) >= 11 is 0. The first-order chi connectivity index (χ1) is 16.0. The van der Waals surface area contributed by atoms with Gasteiger partial charge in [-0.2, -0.15) is 0 Å². The predicted octanol–water partition coefficient (Wildman–Crippen LogP) is 5.53. The molecule has 0 amide bonds. The van der Waals surface area contributed by atoms with Crippen LogP contribution in [0.2, 0.25) is 0 Å². The number of rotatable bonds is 7. The smallest absolute Gasteiger partial charge is 0.338 e. The van der Waals surface area contributed by atoms with Crippen LogP contribution in [0.1, 0.15) is 57.7 Å². The van der Waals surface area contributed by atoms with Crippen LogP contribution in [-0.4, -0.2) is 30.0 Å². The van der Waals surface area contributed by atoms with Crippen molar-refractivity contribution in [3.63, 3.8) is 0 Å². The van der Waals surface area contributed by atoms with Crippen molar-refractivity contribution in [2.24, 2.45) is 5.92 Å². The summed E-state index contributed by atoms with van der Waals surface area (Å²) in [6.45, 7) is 2.06. The molecule has 3 aromatic rings. The van der Waals surface area contributed by atoms with Crippen LogP contribution in [-0.2, 0) is 16.1 Å². The van der Waals surface area contributed by atoms with Crippen molar-refractivity contribution in [2.45, 2.75) is 45.3 Å². The van der Waals surface area contributed by atoms with Crippen LogP contribution in [0.3, 0.4) is 0 Å². The number of aryl methyl sites for hydroxylation is 1. The van der Waals surface area contributed by atoms with Crippen molar-refractivity contribution in [2.75, 3.05) is 7.11 Å². The largest absolute Gasteiger partial charge is 0.465 e. The molecule has 33 heavy (non-hydrogen) atoms. The lowest BCUT2D eigenvalue weighted by atomic mass is 9.81. The summed E-state index contributed by atoms with van der Waals surface area (Å²) in [5.41, 5.74) is 2.79. The Morgan fingerprint density at radius 2 is 1.94 bits per heavy atom. The summed E-state index contributed by atoms with van der Waals surface area (Å²) in [6.07, 6.45) is 4.48. The van der Waals surface area contributed by atoms with Crippen molar-refractivity contribution in [1.29, 1.82) is 0 Å². The minimum absolute atomic E-state index is 0.0487. The summed E-state index contributed by atoms with van der Waals surface area (Å²) in [4.78, 5) is 29.9. The Labute approximate surface area is 191 Å². The lowest BCUT2D eigenvalue weighted by Gasteiger charge is -2.28. The number of hydrogen-bond acceptors (Lipinski definition) is 6. The van der Waals surface area contributed by atoms with E-state index < -0.39 is 5.97 Å². The number of carbonyl (C=O) groups is 2. The summed E-state index contributed by atoms with van der Waals surface area (Å²) in [5, 5.41) is 0. The van der Waals surface area contributed by atoms with Gasteiger partial charge in [0.05, 0.1) is 25.4 Å². The minimum atomic E-state index is -0.497. The van der Waals surface area contributed by atoms with E-state index in [0.717, 1.165) is 24.8 Å². The molecular weight excluding hydrogens is 425 g/mol. The van der Waals surface area contributed by atoms with E-state index in [1.54, 1.807) is 37.3 Å². The summed E-state index contributed by atoms with van der Waals surface area (Å²) < 4.78 is 29.5. The van der Waals surface area contributed by atoms with Crippen LogP contribution in [0.5, 0.6) is 0 Å². The van der Waals surface area contributed by atoms with Crippen molar-refractivity contribution >= 4 is 11.8 Å². The number of methoxy groups -OCH3 is 1. The van der Waals surface area contributed by atoms with Crippen molar-refractivity contribution in [3.05, 3.63) is 76.9 Å². The number of oxazole rings is 1. The SMILES string of the molecule is COC(=O)c1c(C)cccc1C(=O)[C@@H]1CCC[C@H](OCc2coc(-c3ccc(F)cc3)n2)C1. The summed E-state index contributed by atoms with van der Waals surface area (Å²) in [5.74, 6) is -0.684. The number of halogens is 1. The Kier molecular flexibility index (Phi) is 6.99. The molecule has 0 unspecified atom stereocenters. The molecule has 1 heterocycles. The maximum Gasteiger partial charge on any atom is 0.338 e. The number of nitrogens with zero attached hydrogens (tertiary/aromatic N) is 1. The van der Waals surface area contributed by atoms with Gasteiger partial charge in [0.15, 0.2) is 5.78 Å². The van der Waals surface area contributed by atoms with Gasteiger partial charge in [0, 0.05) is 17.0 Å². The highest BCUT2D eigenvalue weighted by Gasteiger charge is 2.31. The van der Waals surface area contributed by atoms with Crippen LogP contribution in [0.25, 0.3) is 11.5 Å². The van der Waals surface area contributed by atoms with Gasteiger partial charge in [0.1, 0.15) is 17.8 Å². The third kappa shape index (κ3) is 5.20. The highest BCUT2D eigenvalue weighted by molar-refractivity contribution is 6.08. The first-order valence-corrected chi connectivity index (χ1v) is 11.0. The second kappa shape index (κ2) is 10.1.